The summed E-state index contributed by atoms with van der Waals surface area (Å²) < 4.78 is 5.32. The third kappa shape index (κ3) is 5.40. The number of nitriles is 1. The molecule has 34 heavy (non-hydrogen) atoms. The van der Waals surface area contributed by atoms with E-state index in [9.17, 15) is 10.1 Å². The molecule has 7 heteroatoms. The second-order valence-electron chi connectivity index (χ2n) is 8.78. The fourth-order valence-corrected chi connectivity index (χ4v) is 6.22. The minimum absolute atomic E-state index is 0.297. The topological polar surface area (TPSA) is 75.0 Å². The summed E-state index contributed by atoms with van der Waals surface area (Å²) in [7, 11) is 0. The Labute approximate surface area is 209 Å². The number of anilines is 1. The Balaban J connectivity index is 1.56. The number of nitrogens with zero attached hydrogens (tertiary/aromatic N) is 2. The molecule has 0 radical (unpaired) electrons. The molecular formula is C27H29N3O2S2. The van der Waals surface area contributed by atoms with Crippen molar-refractivity contribution in [3.63, 3.8) is 0 Å². The molecule has 1 N–H and O–H groups in total. The predicted molar refractivity (Wildman–Crippen MR) is 140 cm³/mol. The van der Waals surface area contributed by atoms with Gasteiger partial charge in [0.25, 0.3) is 0 Å². The number of fused-ring (bicyclic) bond motifs is 1. The second kappa shape index (κ2) is 11.0. The molecule has 1 aliphatic rings. The van der Waals surface area contributed by atoms with Crippen LogP contribution in [0.15, 0.2) is 35.8 Å². The Morgan fingerprint density at radius 3 is 2.74 bits per heavy atom. The highest BCUT2D eigenvalue weighted by atomic mass is 32.1. The van der Waals surface area contributed by atoms with Crippen molar-refractivity contribution in [1.29, 1.82) is 5.26 Å². The summed E-state index contributed by atoms with van der Waals surface area (Å²) >= 11 is 3.03. The van der Waals surface area contributed by atoms with Crippen LogP contribution in [0.5, 0.6) is 0 Å². The molecule has 3 aromatic rings. The van der Waals surface area contributed by atoms with Gasteiger partial charge in [0.2, 0.25) is 0 Å². The number of ether oxygens (including phenoxy) is 1. The van der Waals surface area contributed by atoms with Crippen LogP contribution in [0.1, 0.15) is 65.0 Å². The highest BCUT2D eigenvalue weighted by Crippen LogP contribution is 2.39. The van der Waals surface area contributed by atoms with Crippen molar-refractivity contribution in [2.45, 2.75) is 52.9 Å². The van der Waals surface area contributed by atoms with Crippen LogP contribution in [0.25, 0.3) is 16.8 Å². The SMILES string of the molecule is CCOC(=O)c1c(N/C=C(\C#N)c2nc(-c3ccc(CC(C)C)cc3)cs2)sc2c1CCCC2. The lowest BCUT2D eigenvalue weighted by molar-refractivity contribution is 0.0526. The third-order valence-electron chi connectivity index (χ3n) is 5.75. The Morgan fingerprint density at radius 1 is 1.26 bits per heavy atom. The first-order valence-electron chi connectivity index (χ1n) is 11.7. The van der Waals surface area contributed by atoms with E-state index < -0.39 is 0 Å². The van der Waals surface area contributed by atoms with Crippen molar-refractivity contribution in [3.05, 3.63) is 62.4 Å². The Bertz CT molecular complexity index is 1230. The van der Waals surface area contributed by atoms with E-state index in [-0.39, 0.29) is 5.97 Å². The number of hydrogen-bond acceptors (Lipinski definition) is 7. The minimum Gasteiger partial charge on any atom is -0.462 e. The van der Waals surface area contributed by atoms with Gasteiger partial charge in [-0.05, 0) is 56.1 Å². The maximum absolute atomic E-state index is 12.7. The van der Waals surface area contributed by atoms with Gasteiger partial charge in [-0.1, -0.05) is 38.1 Å². The molecular weight excluding hydrogens is 462 g/mol. The first-order valence-corrected chi connectivity index (χ1v) is 13.4. The van der Waals surface area contributed by atoms with Crippen LogP contribution >= 0.6 is 22.7 Å². The standard InChI is InChI=1S/C27H29N3O2S2/c1-4-32-27(31)24-21-7-5-6-8-23(21)34-26(24)29-15-20(14-28)25-30-22(16-33-25)19-11-9-18(10-12-19)13-17(2)3/h9-12,15-17,29H,4-8,13H2,1-3H3/b20-15+. The normalized spacial score (nSPS) is 13.4. The minimum atomic E-state index is -0.297. The van der Waals surface area contributed by atoms with Crippen molar-refractivity contribution in [3.8, 4) is 17.3 Å². The fourth-order valence-electron chi connectivity index (χ4n) is 4.18. The fraction of sp³-hybridized carbons (Fsp3) is 0.370. The smallest absolute Gasteiger partial charge is 0.341 e. The van der Waals surface area contributed by atoms with Gasteiger partial charge in [0.05, 0.1) is 17.9 Å². The lowest BCUT2D eigenvalue weighted by atomic mass is 9.95. The first-order chi connectivity index (χ1) is 16.5. The maximum atomic E-state index is 12.7. The number of aryl methyl sites for hydroxylation is 1. The molecule has 0 aliphatic heterocycles. The van der Waals surface area contributed by atoms with Crippen LogP contribution in [0.3, 0.4) is 0 Å². The molecule has 0 unspecified atom stereocenters. The number of thiophene rings is 1. The van der Waals surface area contributed by atoms with E-state index >= 15 is 0 Å². The second-order valence-corrected chi connectivity index (χ2v) is 10.7. The quantitative estimate of drug-likeness (QED) is 0.269. The highest BCUT2D eigenvalue weighted by molar-refractivity contribution is 7.16. The average molecular weight is 492 g/mol. The number of carbonyl (C=O) groups is 1. The summed E-state index contributed by atoms with van der Waals surface area (Å²) in [5.41, 5.74) is 5.37. The molecule has 0 fully saturated rings. The summed E-state index contributed by atoms with van der Waals surface area (Å²) in [5, 5.41) is 16.4. The molecule has 0 bridgehead atoms. The van der Waals surface area contributed by atoms with Gasteiger partial charge in [0.1, 0.15) is 21.7 Å². The van der Waals surface area contributed by atoms with E-state index in [1.54, 1.807) is 17.5 Å². The molecule has 0 spiro atoms. The average Bonchev–Trinajstić information content (AvgIpc) is 3.45. The van der Waals surface area contributed by atoms with Gasteiger partial charge in [-0.25, -0.2) is 9.78 Å². The van der Waals surface area contributed by atoms with Crippen LogP contribution in [-0.2, 0) is 24.0 Å². The Morgan fingerprint density at radius 2 is 2.03 bits per heavy atom. The molecule has 176 valence electrons. The van der Waals surface area contributed by atoms with Gasteiger partial charge < -0.3 is 10.1 Å². The van der Waals surface area contributed by atoms with Gasteiger partial charge in [-0.15, -0.1) is 22.7 Å². The number of nitrogens with one attached hydrogen (secondary N) is 1. The maximum Gasteiger partial charge on any atom is 0.341 e. The number of rotatable bonds is 8. The zero-order chi connectivity index (χ0) is 24.1. The van der Waals surface area contributed by atoms with Crippen LogP contribution in [0.2, 0.25) is 0 Å². The molecule has 1 aromatic carbocycles. The summed E-state index contributed by atoms with van der Waals surface area (Å²) in [6.07, 6.45) is 6.80. The van der Waals surface area contributed by atoms with Gasteiger partial charge >= 0.3 is 5.97 Å². The number of thiazole rings is 1. The van der Waals surface area contributed by atoms with Crippen LogP contribution in [0.4, 0.5) is 5.00 Å². The number of allylic oxidation sites excluding steroid dienone is 1. The van der Waals surface area contributed by atoms with Crippen molar-refractivity contribution >= 4 is 39.2 Å². The largest absolute Gasteiger partial charge is 0.462 e. The van der Waals surface area contributed by atoms with E-state index in [2.05, 4.69) is 49.5 Å². The summed E-state index contributed by atoms with van der Waals surface area (Å²) in [6, 6.07) is 10.7. The molecule has 0 saturated carbocycles. The highest BCUT2D eigenvalue weighted by Gasteiger charge is 2.26. The van der Waals surface area contributed by atoms with E-state index in [0.717, 1.165) is 53.9 Å². The predicted octanol–water partition coefficient (Wildman–Crippen LogP) is 7.10. The zero-order valence-electron chi connectivity index (χ0n) is 19.8. The van der Waals surface area contributed by atoms with E-state index in [1.165, 1.54) is 21.8 Å². The lowest BCUT2D eigenvalue weighted by Gasteiger charge is -2.12. The molecule has 2 aromatic heterocycles. The number of hydrogen-bond donors (Lipinski definition) is 1. The van der Waals surface area contributed by atoms with Gasteiger partial charge in [-0.3, -0.25) is 0 Å². The molecule has 0 atom stereocenters. The van der Waals surface area contributed by atoms with Crippen molar-refractivity contribution in [2.24, 2.45) is 5.92 Å². The summed E-state index contributed by atoms with van der Waals surface area (Å²) in [5.74, 6) is 0.319. The third-order valence-corrected chi connectivity index (χ3v) is 7.85. The van der Waals surface area contributed by atoms with E-state index in [4.69, 9.17) is 9.72 Å². The van der Waals surface area contributed by atoms with Gasteiger partial charge in [0, 0.05) is 22.0 Å². The number of carbonyl (C=O) groups excluding carboxylic acids is 1. The zero-order valence-corrected chi connectivity index (χ0v) is 21.4. The van der Waals surface area contributed by atoms with Crippen LogP contribution in [-0.4, -0.2) is 17.6 Å². The van der Waals surface area contributed by atoms with Gasteiger partial charge in [-0.2, -0.15) is 5.26 Å². The summed E-state index contributed by atoms with van der Waals surface area (Å²) in [6.45, 7) is 6.58. The monoisotopic (exact) mass is 491 g/mol. The first kappa shape index (κ1) is 24.2. The Hall–Kier alpha value is -2.95. The molecule has 0 amide bonds. The molecule has 5 nitrogen and oxygen atoms in total. The number of benzene rings is 1. The van der Waals surface area contributed by atoms with Crippen LogP contribution < -0.4 is 5.32 Å². The van der Waals surface area contributed by atoms with Crippen molar-refractivity contribution < 1.29 is 9.53 Å². The van der Waals surface area contributed by atoms with Crippen molar-refractivity contribution in [2.75, 3.05) is 11.9 Å². The number of aromatic nitrogens is 1. The molecule has 2 heterocycles. The van der Waals surface area contributed by atoms with Gasteiger partial charge in [0.15, 0.2) is 0 Å². The van der Waals surface area contributed by atoms with Crippen LogP contribution in [0, 0.1) is 17.2 Å². The molecule has 4 rings (SSSR count). The Kier molecular flexibility index (Phi) is 7.81. The number of esters is 1. The molecule has 1 aliphatic carbocycles. The lowest BCUT2D eigenvalue weighted by Crippen LogP contribution is -2.10. The molecule has 0 saturated heterocycles. The van der Waals surface area contributed by atoms with E-state index in [1.807, 2.05) is 12.3 Å². The summed E-state index contributed by atoms with van der Waals surface area (Å²) in [4.78, 5) is 18.6. The van der Waals surface area contributed by atoms with E-state index in [0.29, 0.717) is 28.7 Å². The van der Waals surface area contributed by atoms with Crippen molar-refractivity contribution in [1.82, 2.24) is 4.98 Å².